The van der Waals surface area contributed by atoms with Crippen LogP contribution in [0.2, 0.25) is 0 Å². The van der Waals surface area contributed by atoms with Gasteiger partial charge in [-0.2, -0.15) is 0 Å². The maximum Gasteiger partial charge on any atom is 0.157 e. The molecule has 3 rings (SSSR count). The fourth-order valence-corrected chi connectivity index (χ4v) is 2.80. The van der Waals surface area contributed by atoms with E-state index in [1.807, 2.05) is 18.2 Å². The Hall–Kier alpha value is -2.34. The number of rotatable bonds is 4. The van der Waals surface area contributed by atoms with E-state index in [-0.39, 0.29) is 6.04 Å². The Bertz CT molecular complexity index is 637. The van der Waals surface area contributed by atoms with Gasteiger partial charge in [0.15, 0.2) is 11.6 Å². The van der Waals surface area contributed by atoms with Gasteiger partial charge in [0.2, 0.25) is 0 Å². The molecule has 1 aliphatic rings. The Morgan fingerprint density at radius 3 is 2.48 bits per heavy atom. The number of piperazine rings is 1. The van der Waals surface area contributed by atoms with Gasteiger partial charge in [-0.1, -0.05) is 30.3 Å². The average Bonchev–Trinajstić information content (AvgIpc) is 2.58. The van der Waals surface area contributed by atoms with Gasteiger partial charge in [-0.05, 0) is 19.5 Å². The minimum absolute atomic E-state index is 0.133. The molecule has 0 amide bonds. The van der Waals surface area contributed by atoms with Gasteiger partial charge >= 0.3 is 0 Å². The Labute approximate surface area is 137 Å². The fourth-order valence-electron chi connectivity index (χ4n) is 2.80. The first-order chi connectivity index (χ1) is 11.1. The van der Waals surface area contributed by atoms with Crippen molar-refractivity contribution in [3.05, 3.63) is 42.2 Å². The zero-order valence-electron chi connectivity index (χ0n) is 13.7. The quantitative estimate of drug-likeness (QED) is 0.899. The molecule has 1 aliphatic heterocycles. The lowest BCUT2D eigenvalue weighted by Crippen LogP contribution is -2.45. The molecule has 23 heavy (non-hydrogen) atoms. The second-order valence-corrected chi connectivity index (χ2v) is 6.03. The maximum atomic E-state index is 6.33. The van der Waals surface area contributed by atoms with Crippen LogP contribution in [0, 0.1) is 0 Å². The number of nitrogens with two attached hydrogens (primary N) is 1. The highest BCUT2D eigenvalue weighted by Gasteiger charge is 2.20. The van der Waals surface area contributed by atoms with E-state index in [0.29, 0.717) is 11.5 Å². The van der Waals surface area contributed by atoms with E-state index in [2.05, 4.69) is 51.2 Å². The molecule has 1 atom stereocenters. The van der Waals surface area contributed by atoms with E-state index in [4.69, 9.17) is 5.73 Å². The predicted molar refractivity (Wildman–Crippen MR) is 94.6 cm³/mol. The number of benzene rings is 1. The summed E-state index contributed by atoms with van der Waals surface area (Å²) in [4.78, 5) is 13.3. The van der Waals surface area contributed by atoms with Crippen LogP contribution in [0.3, 0.4) is 0 Å². The maximum absolute atomic E-state index is 6.33. The highest BCUT2D eigenvalue weighted by atomic mass is 15.3. The van der Waals surface area contributed by atoms with Gasteiger partial charge in [-0.25, -0.2) is 9.97 Å². The monoisotopic (exact) mass is 312 g/mol. The molecule has 0 bridgehead atoms. The number of nitrogens with one attached hydrogen (secondary N) is 1. The topological polar surface area (TPSA) is 70.3 Å². The first-order valence-electron chi connectivity index (χ1n) is 8.00. The van der Waals surface area contributed by atoms with E-state index in [1.54, 1.807) is 6.33 Å². The van der Waals surface area contributed by atoms with Crippen molar-refractivity contribution in [2.24, 2.45) is 0 Å². The van der Waals surface area contributed by atoms with Crippen molar-refractivity contribution >= 4 is 17.3 Å². The number of nitrogen functional groups attached to an aromatic ring is 1. The number of aromatic nitrogens is 2. The molecular weight excluding hydrogens is 288 g/mol. The SMILES string of the molecule is CC(Nc1ncnc(N2CCN(C)CC2)c1N)c1ccccc1. The zero-order chi connectivity index (χ0) is 16.2. The molecule has 1 aromatic heterocycles. The van der Waals surface area contributed by atoms with Crippen molar-refractivity contribution in [1.29, 1.82) is 0 Å². The summed E-state index contributed by atoms with van der Waals surface area (Å²) in [5, 5.41) is 3.40. The van der Waals surface area contributed by atoms with Crippen molar-refractivity contribution in [3.63, 3.8) is 0 Å². The van der Waals surface area contributed by atoms with E-state index in [9.17, 15) is 0 Å². The Morgan fingerprint density at radius 2 is 1.78 bits per heavy atom. The summed E-state index contributed by atoms with van der Waals surface area (Å²) in [5.41, 5.74) is 8.16. The second kappa shape index (κ2) is 6.83. The molecule has 2 heterocycles. The first kappa shape index (κ1) is 15.6. The van der Waals surface area contributed by atoms with Crippen molar-refractivity contribution < 1.29 is 0 Å². The third kappa shape index (κ3) is 3.53. The van der Waals surface area contributed by atoms with Crippen LogP contribution in [0.15, 0.2) is 36.7 Å². The Kier molecular flexibility index (Phi) is 4.62. The van der Waals surface area contributed by atoms with E-state index >= 15 is 0 Å². The number of hydrogen-bond acceptors (Lipinski definition) is 6. The largest absolute Gasteiger partial charge is 0.393 e. The van der Waals surface area contributed by atoms with E-state index < -0.39 is 0 Å². The molecule has 6 heteroatoms. The van der Waals surface area contributed by atoms with Crippen LogP contribution in [-0.2, 0) is 0 Å². The third-order valence-corrected chi connectivity index (χ3v) is 4.32. The van der Waals surface area contributed by atoms with Gasteiger partial charge in [-0.3, -0.25) is 0 Å². The third-order valence-electron chi connectivity index (χ3n) is 4.32. The van der Waals surface area contributed by atoms with Gasteiger partial charge in [0.1, 0.15) is 12.0 Å². The average molecular weight is 312 g/mol. The van der Waals surface area contributed by atoms with Crippen LogP contribution in [0.1, 0.15) is 18.5 Å². The van der Waals surface area contributed by atoms with E-state index in [1.165, 1.54) is 5.56 Å². The van der Waals surface area contributed by atoms with Crippen LogP contribution < -0.4 is 16.0 Å². The number of nitrogens with zero attached hydrogens (tertiary/aromatic N) is 4. The normalized spacial score (nSPS) is 17.0. The molecule has 0 spiro atoms. The summed E-state index contributed by atoms with van der Waals surface area (Å²) in [6.45, 7) is 6.02. The second-order valence-electron chi connectivity index (χ2n) is 6.03. The molecular formula is C17H24N6. The lowest BCUT2D eigenvalue weighted by Gasteiger charge is -2.34. The highest BCUT2D eigenvalue weighted by Crippen LogP contribution is 2.29. The summed E-state index contributed by atoms with van der Waals surface area (Å²) in [6.07, 6.45) is 1.59. The number of likely N-dealkylation sites (N-methyl/N-ethyl adjacent to an activating group) is 1. The molecule has 1 aromatic carbocycles. The minimum Gasteiger partial charge on any atom is -0.393 e. The standard InChI is InChI=1S/C17H24N6/c1-13(14-6-4-3-5-7-14)21-16-15(18)17(20-12-19-16)23-10-8-22(2)9-11-23/h3-7,12-13H,8-11,18H2,1-2H3,(H,19,20,21). The van der Waals surface area contributed by atoms with Gasteiger partial charge < -0.3 is 20.9 Å². The van der Waals surface area contributed by atoms with Crippen LogP contribution >= 0.6 is 0 Å². The molecule has 6 nitrogen and oxygen atoms in total. The van der Waals surface area contributed by atoms with E-state index in [0.717, 1.165) is 32.0 Å². The summed E-state index contributed by atoms with van der Waals surface area (Å²) in [6, 6.07) is 10.4. The number of hydrogen-bond donors (Lipinski definition) is 2. The molecule has 2 aromatic rings. The molecule has 0 saturated carbocycles. The molecule has 1 unspecified atom stereocenters. The summed E-state index contributed by atoms with van der Waals surface area (Å²) in [5.74, 6) is 1.53. The predicted octanol–water partition coefficient (Wildman–Crippen LogP) is 1.98. The molecule has 0 radical (unpaired) electrons. The first-order valence-corrected chi connectivity index (χ1v) is 8.00. The summed E-state index contributed by atoms with van der Waals surface area (Å²) < 4.78 is 0. The van der Waals surface area contributed by atoms with Crippen LogP contribution in [0.25, 0.3) is 0 Å². The van der Waals surface area contributed by atoms with Crippen LogP contribution in [0.5, 0.6) is 0 Å². The van der Waals surface area contributed by atoms with Gasteiger partial charge in [-0.15, -0.1) is 0 Å². The smallest absolute Gasteiger partial charge is 0.157 e. The molecule has 1 fully saturated rings. The molecule has 1 saturated heterocycles. The summed E-state index contributed by atoms with van der Waals surface area (Å²) >= 11 is 0. The van der Waals surface area contributed by atoms with Crippen molar-refractivity contribution in [1.82, 2.24) is 14.9 Å². The summed E-state index contributed by atoms with van der Waals surface area (Å²) in [7, 11) is 2.13. The van der Waals surface area contributed by atoms with Crippen LogP contribution in [-0.4, -0.2) is 48.1 Å². The Morgan fingerprint density at radius 1 is 1.09 bits per heavy atom. The fraction of sp³-hybridized carbons (Fsp3) is 0.412. The number of anilines is 3. The van der Waals surface area contributed by atoms with Gasteiger partial charge in [0, 0.05) is 26.2 Å². The van der Waals surface area contributed by atoms with Crippen molar-refractivity contribution in [2.45, 2.75) is 13.0 Å². The highest BCUT2D eigenvalue weighted by molar-refractivity contribution is 5.75. The molecule has 0 aliphatic carbocycles. The van der Waals surface area contributed by atoms with Crippen molar-refractivity contribution in [3.8, 4) is 0 Å². The lowest BCUT2D eigenvalue weighted by atomic mass is 10.1. The van der Waals surface area contributed by atoms with Crippen molar-refractivity contribution in [2.75, 3.05) is 49.2 Å². The van der Waals surface area contributed by atoms with Gasteiger partial charge in [0.25, 0.3) is 0 Å². The molecule has 122 valence electrons. The lowest BCUT2D eigenvalue weighted by molar-refractivity contribution is 0.312. The van der Waals surface area contributed by atoms with Crippen LogP contribution in [0.4, 0.5) is 17.3 Å². The molecule has 3 N–H and O–H groups in total. The minimum atomic E-state index is 0.133. The zero-order valence-corrected chi connectivity index (χ0v) is 13.7. The Balaban J connectivity index is 1.77. The van der Waals surface area contributed by atoms with Gasteiger partial charge in [0.05, 0.1) is 6.04 Å².